The SMILES string of the molecule is CCNC(C)C(O)(CCCc1cc(C(O)(C(C)NCC)C(Cl)(Cl)Cl)cc2ccoc12)c1ccc2occc2c1. The Hall–Kier alpha value is -1.77. The fraction of sp³-hybridized carbons (Fsp3) is 0.467. The lowest BCUT2D eigenvalue weighted by Crippen LogP contribution is -2.54. The number of hydrogen-bond acceptors (Lipinski definition) is 6. The summed E-state index contributed by atoms with van der Waals surface area (Å²) in [4.78, 5) is 0. The van der Waals surface area contributed by atoms with Crippen LogP contribution in [0.4, 0.5) is 0 Å². The summed E-state index contributed by atoms with van der Waals surface area (Å²) in [6.45, 7) is 9.07. The normalized spacial score (nSPS) is 17.3. The van der Waals surface area contributed by atoms with Gasteiger partial charge in [0.2, 0.25) is 3.79 Å². The lowest BCUT2D eigenvalue weighted by molar-refractivity contribution is -0.00696. The van der Waals surface area contributed by atoms with Crippen LogP contribution in [0.1, 0.15) is 57.2 Å². The number of nitrogens with one attached hydrogen (secondary N) is 2. The van der Waals surface area contributed by atoms with Crippen LogP contribution in [0.15, 0.2) is 63.8 Å². The number of aryl methyl sites for hydroxylation is 1. The van der Waals surface area contributed by atoms with Crippen LogP contribution in [-0.2, 0) is 17.6 Å². The molecule has 6 nitrogen and oxygen atoms in total. The Morgan fingerprint density at radius 1 is 0.821 bits per heavy atom. The quantitative estimate of drug-likeness (QED) is 0.133. The molecule has 0 aliphatic carbocycles. The number of aliphatic hydroxyl groups is 2. The van der Waals surface area contributed by atoms with Crippen molar-refractivity contribution < 1.29 is 19.0 Å². The third kappa shape index (κ3) is 5.84. The summed E-state index contributed by atoms with van der Waals surface area (Å²) in [5.41, 5.74) is 0.751. The lowest BCUT2D eigenvalue weighted by atomic mass is 9.81. The van der Waals surface area contributed by atoms with Gasteiger partial charge in [0.05, 0.1) is 12.5 Å². The molecule has 4 aromatic rings. The maximum Gasteiger partial charge on any atom is 0.224 e. The number of benzene rings is 2. The molecule has 2 aromatic heterocycles. The largest absolute Gasteiger partial charge is 0.464 e. The van der Waals surface area contributed by atoms with Gasteiger partial charge in [0.25, 0.3) is 0 Å². The third-order valence-corrected chi connectivity index (χ3v) is 8.68. The Morgan fingerprint density at radius 2 is 1.46 bits per heavy atom. The second kappa shape index (κ2) is 12.0. The van der Waals surface area contributed by atoms with Gasteiger partial charge in [-0.25, -0.2) is 0 Å². The molecule has 0 radical (unpaired) electrons. The van der Waals surface area contributed by atoms with Crippen molar-refractivity contribution in [2.75, 3.05) is 13.1 Å². The van der Waals surface area contributed by atoms with Crippen LogP contribution in [0.3, 0.4) is 0 Å². The molecule has 0 fully saturated rings. The Balaban J connectivity index is 1.67. The number of alkyl halides is 3. The maximum absolute atomic E-state index is 12.0. The van der Waals surface area contributed by atoms with Gasteiger partial charge in [-0.05, 0) is 99.3 Å². The number of likely N-dealkylation sites (N-methyl/N-ethyl adjacent to an activating group) is 2. The van der Waals surface area contributed by atoms with Gasteiger partial charge in [-0.3, -0.25) is 0 Å². The molecular weight excluding hydrogens is 559 g/mol. The number of hydrogen-bond donors (Lipinski definition) is 4. The predicted octanol–water partition coefficient (Wildman–Crippen LogP) is 6.94. The highest BCUT2D eigenvalue weighted by Crippen LogP contribution is 2.48. The Bertz CT molecular complexity index is 1400. The van der Waals surface area contributed by atoms with Crippen molar-refractivity contribution in [3.63, 3.8) is 0 Å². The molecule has 0 saturated heterocycles. The first-order valence-corrected chi connectivity index (χ1v) is 14.6. The van der Waals surface area contributed by atoms with Gasteiger partial charge in [0.1, 0.15) is 16.8 Å². The van der Waals surface area contributed by atoms with Crippen LogP contribution >= 0.6 is 34.8 Å². The van der Waals surface area contributed by atoms with E-state index in [2.05, 4.69) is 10.6 Å². The van der Waals surface area contributed by atoms with E-state index < -0.39 is 21.0 Å². The minimum absolute atomic E-state index is 0.197. The summed E-state index contributed by atoms with van der Waals surface area (Å²) in [5, 5.41) is 32.2. The van der Waals surface area contributed by atoms with E-state index in [0.717, 1.165) is 34.0 Å². The van der Waals surface area contributed by atoms with Gasteiger partial charge >= 0.3 is 0 Å². The van der Waals surface area contributed by atoms with E-state index >= 15 is 0 Å². The standard InChI is InChI=1S/C30H37Cl3N2O4/c1-5-34-19(3)28(36,24-9-10-26-21(16-24)11-14-38-26)13-7-8-22-17-25(18-23-12-15-39-27(22)23)29(37,30(31,32)33)20(4)35-6-2/h9-12,14-20,34-37H,5-8,13H2,1-4H3. The maximum atomic E-state index is 12.0. The Labute approximate surface area is 244 Å². The van der Waals surface area contributed by atoms with Gasteiger partial charge in [-0.15, -0.1) is 0 Å². The average Bonchev–Trinajstić information content (AvgIpc) is 3.56. The molecule has 0 spiro atoms. The molecule has 0 amide bonds. The highest BCUT2D eigenvalue weighted by Gasteiger charge is 2.52. The summed E-state index contributed by atoms with van der Waals surface area (Å²) in [6, 6.07) is 12.5. The van der Waals surface area contributed by atoms with Gasteiger partial charge in [-0.1, -0.05) is 54.7 Å². The number of rotatable bonds is 12. The van der Waals surface area contributed by atoms with E-state index in [4.69, 9.17) is 43.6 Å². The van der Waals surface area contributed by atoms with Crippen molar-refractivity contribution in [2.24, 2.45) is 0 Å². The van der Waals surface area contributed by atoms with Crippen LogP contribution in [0, 0.1) is 0 Å². The van der Waals surface area contributed by atoms with Crippen molar-refractivity contribution in [2.45, 2.75) is 74.0 Å². The first-order valence-electron chi connectivity index (χ1n) is 13.4. The molecule has 9 heteroatoms. The van der Waals surface area contributed by atoms with E-state index in [9.17, 15) is 10.2 Å². The zero-order chi connectivity index (χ0) is 28.4. The molecule has 0 bridgehead atoms. The number of furan rings is 2. The van der Waals surface area contributed by atoms with Crippen molar-refractivity contribution >= 4 is 56.7 Å². The molecule has 4 unspecified atom stereocenters. The summed E-state index contributed by atoms with van der Waals surface area (Å²) in [7, 11) is 0. The van der Waals surface area contributed by atoms with E-state index in [-0.39, 0.29) is 6.04 Å². The van der Waals surface area contributed by atoms with Gasteiger partial charge < -0.3 is 29.7 Å². The smallest absolute Gasteiger partial charge is 0.224 e. The van der Waals surface area contributed by atoms with Gasteiger partial charge in [0.15, 0.2) is 5.60 Å². The first kappa shape index (κ1) is 30.2. The lowest BCUT2D eigenvalue weighted by Gasteiger charge is -2.40. The van der Waals surface area contributed by atoms with Crippen LogP contribution in [0.25, 0.3) is 21.9 Å². The summed E-state index contributed by atoms with van der Waals surface area (Å²) < 4.78 is 9.33. The highest BCUT2D eigenvalue weighted by molar-refractivity contribution is 6.68. The monoisotopic (exact) mass is 594 g/mol. The molecule has 4 rings (SSSR count). The number of fused-ring (bicyclic) bond motifs is 2. The van der Waals surface area contributed by atoms with E-state index in [1.807, 2.05) is 63.2 Å². The highest BCUT2D eigenvalue weighted by atomic mass is 35.6. The van der Waals surface area contributed by atoms with Gasteiger partial charge in [-0.2, -0.15) is 0 Å². The van der Waals surface area contributed by atoms with Crippen molar-refractivity contribution in [1.82, 2.24) is 10.6 Å². The molecule has 2 heterocycles. The zero-order valence-corrected chi connectivity index (χ0v) is 25.0. The fourth-order valence-electron chi connectivity index (χ4n) is 5.55. The molecule has 0 aliphatic heterocycles. The zero-order valence-electron chi connectivity index (χ0n) is 22.7. The summed E-state index contributed by atoms with van der Waals surface area (Å²) in [5.74, 6) is 0. The van der Waals surface area contributed by atoms with E-state index in [0.29, 0.717) is 37.0 Å². The van der Waals surface area contributed by atoms with Gasteiger partial charge in [0, 0.05) is 22.9 Å². The first-order chi connectivity index (χ1) is 18.5. The number of halogens is 3. The minimum atomic E-state index is -1.99. The van der Waals surface area contributed by atoms with Crippen molar-refractivity contribution in [1.29, 1.82) is 0 Å². The summed E-state index contributed by atoms with van der Waals surface area (Å²) >= 11 is 19.2. The average molecular weight is 596 g/mol. The Kier molecular flexibility index (Phi) is 9.29. The Morgan fingerprint density at radius 3 is 2.15 bits per heavy atom. The third-order valence-electron chi connectivity index (χ3n) is 7.82. The van der Waals surface area contributed by atoms with Crippen LogP contribution < -0.4 is 10.6 Å². The molecule has 212 valence electrons. The van der Waals surface area contributed by atoms with Crippen LogP contribution in [0.2, 0.25) is 0 Å². The molecule has 4 N–H and O–H groups in total. The molecular formula is C30H37Cl3N2O4. The van der Waals surface area contributed by atoms with Crippen molar-refractivity contribution in [3.8, 4) is 0 Å². The van der Waals surface area contributed by atoms with E-state index in [1.165, 1.54) is 0 Å². The molecule has 39 heavy (non-hydrogen) atoms. The van der Waals surface area contributed by atoms with Crippen LogP contribution in [-0.4, -0.2) is 39.2 Å². The summed E-state index contributed by atoms with van der Waals surface area (Å²) in [6.07, 6.45) is 4.98. The second-order valence-electron chi connectivity index (χ2n) is 10.2. The minimum Gasteiger partial charge on any atom is -0.464 e. The molecule has 0 aliphatic rings. The second-order valence-corrected chi connectivity index (χ2v) is 12.5. The van der Waals surface area contributed by atoms with Crippen molar-refractivity contribution in [3.05, 3.63) is 71.7 Å². The topological polar surface area (TPSA) is 90.8 Å². The fourth-order valence-corrected chi connectivity index (χ4v) is 6.36. The molecule has 4 atom stereocenters. The molecule has 2 aromatic carbocycles. The van der Waals surface area contributed by atoms with E-state index in [1.54, 1.807) is 19.5 Å². The van der Waals surface area contributed by atoms with Crippen LogP contribution in [0.5, 0.6) is 0 Å². The molecule has 0 saturated carbocycles. The predicted molar refractivity (Wildman–Crippen MR) is 160 cm³/mol.